The summed E-state index contributed by atoms with van der Waals surface area (Å²) in [5.74, 6) is -0.589. The van der Waals surface area contributed by atoms with Gasteiger partial charge in [-0.2, -0.15) is 0 Å². The number of nitrogens with zero attached hydrogens (tertiary/aromatic N) is 1. The van der Waals surface area contributed by atoms with E-state index in [2.05, 4.69) is 6.58 Å². The molecule has 0 aromatic heterocycles. The van der Waals surface area contributed by atoms with Crippen LogP contribution in [0.4, 0.5) is 4.39 Å². The number of carbonyl (C=O) groups excluding carboxylic acids is 1. The van der Waals surface area contributed by atoms with Gasteiger partial charge in [-0.05, 0) is 23.8 Å². The maximum Gasteiger partial charge on any atom is 0.246 e. The molecular formula is C16H20FNO3. The van der Waals surface area contributed by atoms with E-state index in [1.165, 1.54) is 30.3 Å². The fourth-order valence-corrected chi connectivity index (χ4v) is 2.36. The molecular weight excluding hydrogens is 273 g/mol. The molecule has 1 aliphatic rings. The standard InChI is InChI=1S/C16H20FNO3/c1-3-15(20)18(9-16(2)10-21-11-16)8-14(19)12-4-6-13(17)7-5-12/h3-7,14,19H,1,8-11H2,2H3/t14-/m1/s1. The molecule has 5 heteroatoms. The van der Waals surface area contributed by atoms with Gasteiger partial charge in [0.15, 0.2) is 0 Å². The number of rotatable bonds is 6. The number of hydrogen-bond acceptors (Lipinski definition) is 3. The molecule has 1 aliphatic heterocycles. The minimum Gasteiger partial charge on any atom is -0.387 e. The lowest BCUT2D eigenvalue weighted by Gasteiger charge is -2.42. The van der Waals surface area contributed by atoms with Gasteiger partial charge in [0.05, 0.1) is 25.9 Å². The Kier molecular flexibility index (Phi) is 4.75. The van der Waals surface area contributed by atoms with Crippen LogP contribution in [0.2, 0.25) is 0 Å². The molecule has 0 unspecified atom stereocenters. The summed E-state index contributed by atoms with van der Waals surface area (Å²) < 4.78 is 18.1. The van der Waals surface area contributed by atoms with Crippen LogP contribution >= 0.6 is 0 Å². The van der Waals surface area contributed by atoms with E-state index in [0.29, 0.717) is 25.3 Å². The number of ether oxygens (including phenoxy) is 1. The van der Waals surface area contributed by atoms with Crippen LogP contribution in [0, 0.1) is 11.2 Å². The Morgan fingerprint density at radius 1 is 1.52 bits per heavy atom. The topological polar surface area (TPSA) is 49.8 Å². The SMILES string of the molecule is C=CC(=O)N(C[C@@H](O)c1ccc(F)cc1)CC1(C)COC1. The molecule has 1 amide bonds. The first kappa shape index (κ1) is 15.7. The van der Waals surface area contributed by atoms with E-state index >= 15 is 0 Å². The second kappa shape index (κ2) is 6.37. The lowest BCUT2D eigenvalue weighted by atomic mass is 9.88. The van der Waals surface area contributed by atoms with Crippen molar-refractivity contribution in [3.05, 3.63) is 48.3 Å². The summed E-state index contributed by atoms with van der Waals surface area (Å²) in [5, 5.41) is 10.2. The molecule has 1 atom stereocenters. The van der Waals surface area contributed by atoms with Crippen LogP contribution in [0.5, 0.6) is 0 Å². The van der Waals surface area contributed by atoms with Crippen molar-refractivity contribution in [2.45, 2.75) is 13.0 Å². The van der Waals surface area contributed by atoms with Crippen LogP contribution in [0.15, 0.2) is 36.9 Å². The maximum absolute atomic E-state index is 12.9. The zero-order valence-corrected chi connectivity index (χ0v) is 12.1. The Labute approximate surface area is 123 Å². The average molecular weight is 293 g/mol. The smallest absolute Gasteiger partial charge is 0.246 e. The van der Waals surface area contributed by atoms with Crippen LogP contribution in [0.25, 0.3) is 0 Å². The second-order valence-electron chi connectivity index (χ2n) is 5.79. The number of carbonyl (C=O) groups is 1. The van der Waals surface area contributed by atoms with E-state index < -0.39 is 6.10 Å². The lowest BCUT2D eigenvalue weighted by Crippen LogP contribution is -2.50. The van der Waals surface area contributed by atoms with Gasteiger partial charge in [0.1, 0.15) is 5.82 Å². The Hall–Kier alpha value is -1.72. The molecule has 1 heterocycles. The monoisotopic (exact) mass is 293 g/mol. The van der Waals surface area contributed by atoms with Gasteiger partial charge in [-0.3, -0.25) is 4.79 Å². The fourth-order valence-electron chi connectivity index (χ4n) is 2.36. The number of hydrogen-bond donors (Lipinski definition) is 1. The Morgan fingerprint density at radius 2 is 2.14 bits per heavy atom. The lowest BCUT2D eigenvalue weighted by molar-refractivity contribution is -0.142. The molecule has 4 nitrogen and oxygen atoms in total. The molecule has 114 valence electrons. The molecule has 1 aromatic carbocycles. The summed E-state index contributed by atoms with van der Waals surface area (Å²) in [6.45, 7) is 7.36. The normalized spacial score (nSPS) is 17.7. The Morgan fingerprint density at radius 3 is 2.62 bits per heavy atom. The van der Waals surface area contributed by atoms with Crippen LogP contribution in [0.1, 0.15) is 18.6 Å². The summed E-state index contributed by atoms with van der Waals surface area (Å²) >= 11 is 0. The number of benzene rings is 1. The van der Waals surface area contributed by atoms with E-state index in [1.807, 2.05) is 6.92 Å². The third-order valence-corrected chi connectivity index (χ3v) is 3.61. The van der Waals surface area contributed by atoms with E-state index in [-0.39, 0.29) is 23.7 Å². The quantitative estimate of drug-likeness (QED) is 0.815. The van der Waals surface area contributed by atoms with Crippen molar-refractivity contribution in [2.24, 2.45) is 5.41 Å². The Bertz CT molecular complexity index is 511. The number of amides is 1. The predicted molar refractivity (Wildman–Crippen MR) is 77.1 cm³/mol. The largest absolute Gasteiger partial charge is 0.387 e. The van der Waals surface area contributed by atoms with Gasteiger partial charge in [0.2, 0.25) is 5.91 Å². The summed E-state index contributed by atoms with van der Waals surface area (Å²) in [5.41, 5.74) is 0.495. The third kappa shape index (κ3) is 3.89. The molecule has 1 saturated heterocycles. The molecule has 21 heavy (non-hydrogen) atoms. The molecule has 0 spiro atoms. The number of aliphatic hydroxyl groups excluding tert-OH is 1. The number of halogens is 1. The first-order valence-electron chi connectivity index (χ1n) is 6.86. The van der Waals surface area contributed by atoms with Crippen LogP contribution in [-0.2, 0) is 9.53 Å². The van der Waals surface area contributed by atoms with Crippen molar-refractivity contribution in [3.63, 3.8) is 0 Å². The summed E-state index contributed by atoms with van der Waals surface area (Å²) in [4.78, 5) is 13.5. The summed E-state index contributed by atoms with van der Waals surface area (Å²) in [7, 11) is 0. The fraction of sp³-hybridized carbons (Fsp3) is 0.438. The van der Waals surface area contributed by atoms with E-state index in [0.717, 1.165) is 0 Å². The third-order valence-electron chi connectivity index (χ3n) is 3.61. The van der Waals surface area contributed by atoms with E-state index in [1.54, 1.807) is 4.90 Å². The predicted octanol–water partition coefficient (Wildman–Crippen LogP) is 1.91. The van der Waals surface area contributed by atoms with Crippen molar-refractivity contribution >= 4 is 5.91 Å². The van der Waals surface area contributed by atoms with Crippen molar-refractivity contribution in [2.75, 3.05) is 26.3 Å². The highest BCUT2D eigenvalue weighted by Crippen LogP contribution is 2.28. The van der Waals surface area contributed by atoms with Gasteiger partial charge in [-0.15, -0.1) is 0 Å². The highest BCUT2D eigenvalue weighted by molar-refractivity contribution is 5.87. The zero-order valence-electron chi connectivity index (χ0n) is 12.1. The van der Waals surface area contributed by atoms with Gasteiger partial charge in [-0.25, -0.2) is 4.39 Å². The second-order valence-corrected chi connectivity index (χ2v) is 5.79. The van der Waals surface area contributed by atoms with Crippen molar-refractivity contribution < 1.29 is 19.0 Å². The van der Waals surface area contributed by atoms with Crippen molar-refractivity contribution in [1.82, 2.24) is 4.90 Å². The van der Waals surface area contributed by atoms with Crippen LogP contribution in [0.3, 0.4) is 0 Å². The highest BCUT2D eigenvalue weighted by Gasteiger charge is 2.36. The van der Waals surface area contributed by atoms with Crippen LogP contribution in [-0.4, -0.2) is 42.2 Å². The van der Waals surface area contributed by atoms with Gasteiger partial charge in [0, 0.05) is 12.0 Å². The van der Waals surface area contributed by atoms with Gasteiger partial charge in [-0.1, -0.05) is 25.6 Å². The molecule has 0 radical (unpaired) electrons. The minimum absolute atomic E-state index is 0.0822. The summed E-state index contributed by atoms with van der Waals surface area (Å²) in [6.07, 6.45) is 0.374. The summed E-state index contributed by atoms with van der Waals surface area (Å²) in [6, 6.07) is 5.62. The van der Waals surface area contributed by atoms with Crippen LogP contribution < -0.4 is 0 Å². The number of aliphatic hydroxyl groups is 1. The molecule has 0 aliphatic carbocycles. The van der Waals surface area contributed by atoms with Gasteiger partial charge >= 0.3 is 0 Å². The minimum atomic E-state index is -0.862. The van der Waals surface area contributed by atoms with Gasteiger partial charge < -0.3 is 14.7 Å². The van der Waals surface area contributed by atoms with Crippen molar-refractivity contribution in [1.29, 1.82) is 0 Å². The molecule has 1 fully saturated rings. The molecule has 0 saturated carbocycles. The zero-order chi connectivity index (χ0) is 15.5. The average Bonchev–Trinajstić information content (AvgIpc) is 2.44. The maximum atomic E-state index is 12.9. The molecule has 2 rings (SSSR count). The highest BCUT2D eigenvalue weighted by atomic mass is 19.1. The molecule has 1 N–H and O–H groups in total. The molecule has 1 aromatic rings. The first-order valence-corrected chi connectivity index (χ1v) is 6.86. The van der Waals surface area contributed by atoms with E-state index in [9.17, 15) is 14.3 Å². The van der Waals surface area contributed by atoms with Crippen molar-refractivity contribution in [3.8, 4) is 0 Å². The van der Waals surface area contributed by atoms with Gasteiger partial charge in [0.25, 0.3) is 0 Å². The first-order chi connectivity index (χ1) is 9.93. The van der Waals surface area contributed by atoms with E-state index in [4.69, 9.17) is 4.74 Å². The Balaban J connectivity index is 2.05. The molecule has 0 bridgehead atoms.